The minimum atomic E-state index is 0. The van der Waals surface area contributed by atoms with Crippen LogP contribution in [0.5, 0.6) is 0 Å². The van der Waals surface area contributed by atoms with Crippen molar-refractivity contribution in [3.63, 3.8) is 0 Å². The van der Waals surface area contributed by atoms with Crippen LogP contribution in [0.25, 0.3) is 17.1 Å². The van der Waals surface area contributed by atoms with Crippen molar-refractivity contribution in [3.8, 4) is 17.1 Å². The molecule has 2 aromatic carbocycles. The Morgan fingerprint density at radius 3 is 2.30 bits per heavy atom. The van der Waals surface area contributed by atoms with Gasteiger partial charge in [0, 0.05) is 18.7 Å². The van der Waals surface area contributed by atoms with Crippen molar-refractivity contribution in [1.29, 1.82) is 0 Å². The third-order valence-corrected chi connectivity index (χ3v) is 4.10. The second-order valence-electron chi connectivity index (χ2n) is 4.76. The van der Waals surface area contributed by atoms with E-state index in [2.05, 4.69) is 26.1 Å². The second kappa shape index (κ2) is 8.76. The van der Waals surface area contributed by atoms with Crippen molar-refractivity contribution in [1.82, 2.24) is 8.94 Å². The average molecular weight is 392 g/mol. The highest BCUT2D eigenvalue weighted by Crippen LogP contribution is 2.21. The van der Waals surface area contributed by atoms with Crippen molar-refractivity contribution in [2.75, 3.05) is 13.2 Å². The molecule has 1 N–H and O–H groups in total. The van der Waals surface area contributed by atoms with Gasteiger partial charge >= 0.3 is 0 Å². The lowest BCUT2D eigenvalue weighted by Gasteiger charge is -2.05. The van der Waals surface area contributed by atoms with Crippen molar-refractivity contribution < 1.29 is 5.11 Å². The van der Waals surface area contributed by atoms with Crippen LogP contribution >= 0.6 is 28.5 Å². The summed E-state index contributed by atoms with van der Waals surface area (Å²) in [6.07, 6.45) is 0.658. The molecular weight excluding hydrogens is 374 g/mol. The van der Waals surface area contributed by atoms with E-state index >= 15 is 0 Å². The maximum atomic E-state index is 8.88. The Balaban J connectivity index is 0.00000192. The van der Waals surface area contributed by atoms with Gasteiger partial charge < -0.3 is 5.11 Å². The van der Waals surface area contributed by atoms with Gasteiger partial charge in [-0.2, -0.15) is 4.98 Å². The normalized spacial score (nSPS) is 11.3. The van der Waals surface area contributed by atoms with Crippen LogP contribution in [0.3, 0.4) is 0 Å². The molecule has 3 rings (SSSR count). The lowest BCUT2D eigenvalue weighted by atomic mass is 10.2. The number of hydrogen-bond acceptors (Lipinski definition) is 4. The Labute approximate surface area is 149 Å². The molecule has 4 nitrogen and oxygen atoms in total. The zero-order valence-electron chi connectivity index (χ0n) is 12.5. The average Bonchev–Trinajstić information content (AvgIpc) is 3.01. The van der Waals surface area contributed by atoms with Gasteiger partial charge in [0.1, 0.15) is 0 Å². The number of aliphatic hydroxyl groups is 1. The predicted molar refractivity (Wildman–Crippen MR) is 99.3 cm³/mol. The van der Waals surface area contributed by atoms with E-state index in [-0.39, 0.29) is 23.6 Å². The summed E-state index contributed by atoms with van der Waals surface area (Å²) in [6, 6.07) is 20.2. The molecule has 0 amide bonds. The summed E-state index contributed by atoms with van der Waals surface area (Å²) in [7, 11) is 0. The van der Waals surface area contributed by atoms with E-state index in [0.717, 1.165) is 21.9 Å². The third kappa shape index (κ3) is 4.37. The molecule has 23 heavy (non-hydrogen) atoms. The lowest BCUT2D eigenvalue weighted by Crippen LogP contribution is -2.00. The molecule has 0 bridgehead atoms. The topological polar surface area (TPSA) is 50.4 Å². The van der Waals surface area contributed by atoms with Gasteiger partial charge in [0.25, 0.3) is 0 Å². The van der Waals surface area contributed by atoms with Crippen LogP contribution in [0.15, 0.2) is 65.7 Å². The Kier molecular flexibility index (Phi) is 6.70. The monoisotopic (exact) mass is 391 g/mol. The van der Waals surface area contributed by atoms with Crippen LogP contribution in [-0.4, -0.2) is 27.2 Å². The zero-order chi connectivity index (χ0) is 15.2. The van der Waals surface area contributed by atoms with Crippen LogP contribution < -0.4 is 4.80 Å². The van der Waals surface area contributed by atoms with Gasteiger partial charge in [-0.1, -0.05) is 48.5 Å². The summed E-state index contributed by atoms with van der Waals surface area (Å²) in [5, 5.41) is 8.88. The first kappa shape index (κ1) is 17.6. The largest absolute Gasteiger partial charge is 0.396 e. The lowest BCUT2D eigenvalue weighted by molar-refractivity contribution is 0.291. The highest BCUT2D eigenvalue weighted by molar-refractivity contribution is 8.93. The van der Waals surface area contributed by atoms with E-state index < -0.39 is 0 Å². The van der Waals surface area contributed by atoms with Crippen LogP contribution in [0.2, 0.25) is 0 Å². The minimum Gasteiger partial charge on any atom is -0.396 e. The zero-order valence-corrected chi connectivity index (χ0v) is 15.0. The smallest absolute Gasteiger partial charge is 0.223 e. The summed E-state index contributed by atoms with van der Waals surface area (Å²) in [5.74, 6) is 0.888. The van der Waals surface area contributed by atoms with Crippen molar-refractivity contribution in [2.45, 2.75) is 6.42 Å². The number of benzene rings is 2. The van der Waals surface area contributed by atoms with Gasteiger partial charge in [0.05, 0.1) is 5.69 Å². The van der Waals surface area contributed by atoms with Crippen LogP contribution in [0, 0.1) is 0 Å². The molecular formula is C17H18BrN3OS. The third-order valence-electron chi connectivity index (χ3n) is 3.15. The number of para-hydroxylation sites is 1. The number of hydrogen-bond donors (Lipinski definition) is 1. The quantitative estimate of drug-likeness (QED) is 0.676. The summed E-state index contributed by atoms with van der Waals surface area (Å²) in [4.78, 5) is 9.85. The molecule has 0 saturated carbocycles. The molecule has 0 unspecified atom stereocenters. The predicted octanol–water partition coefficient (Wildman–Crippen LogP) is 3.46. The number of aliphatic hydroxyl groups excluding tert-OH is 1. The first-order valence-corrected chi connectivity index (χ1v) is 7.98. The Bertz CT molecular complexity index is 724. The SMILES string of the molecule is Br.OCCCN=c1nc(-c2ccccc2)n(-c2ccccc2)s1. The minimum absolute atomic E-state index is 0. The fourth-order valence-electron chi connectivity index (χ4n) is 2.10. The van der Waals surface area contributed by atoms with Gasteiger partial charge in [-0.3, -0.25) is 4.99 Å². The van der Waals surface area contributed by atoms with Crippen LogP contribution in [0.1, 0.15) is 6.42 Å². The van der Waals surface area contributed by atoms with E-state index in [1.807, 2.05) is 48.5 Å². The molecule has 6 heteroatoms. The summed E-state index contributed by atoms with van der Waals surface area (Å²) in [6.45, 7) is 0.742. The molecule has 3 aromatic rings. The van der Waals surface area contributed by atoms with Crippen LogP contribution in [0.4, 0.5) is 0 Å². The fourth-order valence-corrected chi connectivity index (χ4v) is 3.00. The molecule has 0 atom stereocenters. The molecule has 1 aromatic heterocycles. The summed E-state index contributed by atoms with van der Waals surface area (Å²) in [5.41, 5.74) is 2.13. The molecule has 0 aliphatic carbocycles. The van der Waals surface area contributed by atoms with Crippen molar-refractivity contribution >= 4 is 28.5 Å². The van der Waals surface area contributed by atoms with Gasteiger partial charge in [-0.25, -0.2) is 3.96 Å². The first-order chi connectivity index (χ1) is 10.9. The van der Waals surface area contributed by atoms with Gasteiger partial charge in [-0.15, -0.1) is 17.0 Å². The fraction of sp³-hybridized carbons (Fsp3) is 0.176. The van der Waals surface area contributed by atoms with Crippen molar-refractivity contribution in [2.24, 2.45) is 4.99 Å². The first-order valence-electron chi connectivity index (χ1n) is 7.21. The Morgan fingerprint density at radius 2 is 1.65 bits per heavy atom. The number of nitrogens with zero attached hydrogens (tertiary/aromatic N) is 3. The molecule has 120 valence electrons. The number of rotatable bonds is 5. The molecule has 0 aliphatic rings. The maximum absolute atomic E-state index is 8.88. The molecule has 0 spiro atoms. The molecule has 0 saturated heterocycles. The van der Waals surface area contributed by atoms with E-state index in [0.29, 0.717) is 13.0 Å². The maximum Gasteiger partial charge on any atom is 0.223 e. The second-order valence-corrected chi connectivity index (χ2v) is 5.68. The van der Waals surface area contributed by atoms with E-state index in [4.69, 9.17) is 5.11 Å². The summed E-state index contributed by atoms with van der Waals surface area (Å²) < 4.78 is 2.09. The van der Waals surface area contributed by atoms with Gasteiger partial charge in [0.2, 0.25) is 4.80 Å². The molecule has 0 radical (unpaired) electrons. The van der Waals surface area contributed by atoms with Gasteiger partial charge in [0.15, 0.2) is 5.82 Å². The van der Waals surface area contributed by atoms with Crippen LogP contribution in [-0.2, 0) is 0 Å². The number of aromatic nitrogens is 2. The van der Waals surface area contributed by atoms with E-state index in [9.17, 15) is 0 Å². The Morgan fingerprint density at radius 1 is 1.00 bits per heavy atom. The highest BCUT2D eigenvalue weighted by atomic mass is 79.9. The standard InChI is InChI=1S/C17H17N3OS.BrH/c21-13-7-12-18-17-19-16(14-8-3-1-4-9-14)20(22-17)15-10-5-2-6-11-15;/h1-6,8-11,21H,7,12-13H2;1H. The highest BCUT2D eigenvalue weighted by Gasteiger charge is 2.10. The number of halogens is 1. The van der Waals surface area contributed by atoms with Gasteiger partial charge in [-0.05, 0) is 30.1 Å². The van der Waals surface area contributed by atoms with E-state index in [1.165, 1.54) is 11.5 Å². The van der Waals surface area contributed by atoms with Crippen molar-refractivity contribution in [3.05, 3.63) is 65.5 Å². The Hall–Kier alpha value is -1.76. The summed E-state index contributed by atoms with van der Waals surface area (Å²) >= 11 is 1.52. The van der Waals surface area contributed by atoms with E-state index in [1.54, 1.807) is 0 Å². The molecule has 0 aliphatic heterocycles. The molecule has 0 fully saturated rings. The molecule has 1 heterocycles.